The average Bonchev–Trinajstić information content (AvgIpc) is 2.71. The Hall–Kier alpha value is -1.85. The topological polar surface area (TPSA) is 67.2 Å². The van der Waals surface area contributed by atoms with Gasteiger partial charge in [-0.3, -0.25) is 14.3 Å². The van der Waals surface area contributed by atoms with Crippen molar-refractivity contribution in [3.05, 3.63) is 18.0 Å². The van der Waals surface area contributed by atoms with Crippen molar-refractivity contribution in [2.45, 2.75) is 32.4 Å². The van der Waals surface area contributed by atoms with Gasteiger partial charge in [-0.25, -0.2) is 0 Å². The third-order valence-corrected chi connectivity index (χ3v) is 2.98. The Morgan fingerprint density at radius 1 is 1.50 bits per heavy atom. The number of aromatic nitrogens is 2. The molecule has 2 heterocycles. The van der Waals surface area contributed by atoms with Crippen molar-refractivity contribution >= 4 is 11.8 Å². The van der Waals surface area contributed by atoms with Gasteiger partial charge in [-0.15, -0.1) is 0 Å². The van der Waals surface area contributed by atoms with Crippen LogP contribution in [0.25, 0.3) is 0 Å². The Morgan fingerprint density at radius 2 is 2.28 bits per heavy atom. The maximum Gasteiger partial charge on any atom is 0.245 e. The largest absolute Gasteiger partial charge is 0.343 e. The highest BCUT2D eigenvalue weighted by molar-refractivity contribution is 5.94. The number of amides is 2. The van der Waals surface area contributed by atoms with E-state index in [0.29, 0.717) is 13.0 Å². The summed E-state index contributed by atoms with van der Waals surface area (Å²) in [6.07, 6.45) is 3.38. The van der Waals surface area contributed by atoms with E-state index >= 15 is 0 Å². The summed E-state index contributed by atoms with van der Waals surface area (Å²) < 4.78 is 1.69. The first-order valence-electron chi connectivity index (χ1n) is 6.17. The second-order valence-corrected chi connectivity index (χ2v) is 4.58. The van der Waals surface area contributed by atoms with Crippen molar-refractivity contribution in [3.63, 3.8) is 0 Å². The number of hydrogen-bond donors (Lipinski definition) is 1. The summed E-state index contributed by atoms with van der Waals surface area (Å²) in [4.78, 5) is 25.3. The number of nitrogens with zero attached hydrogens (tertiary/aromatic N) is 3. The zero-order valence-electron chi connectivity index (χ0n) is 10.7. The zero-order valence-corrected chi connectivity index (χ0v) is 10.7. The highest BCUT2D eigenvalue weighted by Gasteiger charge is 2.32. The molecule has 0 saturated carbocycles. The Morgan fingerprint density at radius 3 is 2.89 bits per heavy atom. The molecule has 0 aliphatic carbocycles. The highest BCUT2D eigenvalue weighted by Crippen LogP contribution is 2.11. The van der Waals surface area contributed by atoms with Crippen molar-refractivity contribution in [1.29, 1.82) is 0 Å². The van der Waals surface area contributed by atoms with Crippen LogP contribution in [0.1, 0.15) is 25.5 Å². The number of hydrogen-bond acceptors (Lipinski definition) is 3. The van der Waals surface area contributed by atoms with Gasteiger partial charge in [0.15, 0.2) is 0 Å². The molecule has 2 amide bonds. The summed E-state index contributed by atoms with van der Waals surface area (Å²) in [6.45, 7) is 2.51. The Balaban J connectivity index is 2.06. The Bertz CT molecular complexity index is 455. The minimum atomic E-state index is -0.375. The normalized spacial score (nSPS) is 20.1. The van der Waals surface area contributed by atoms with Crippen LogP contribution in [-0.2, 0) is 23.2 Å². The minimum absolute atomic E-state index is 0.0119. The van der Waals surface area contributed by atoms with E-state index in [9.17, 15) is 9.59 Å². The van der Waals surface area contributed by atoms with Gasteiger partial charge in [0.05, 0.1) is 12.2 Å². The summed E-state index contributed by atoms with van der Waals surface area (Å²) in [5.41, 5.74) is 0.802. The molecule has 0 aromatic carbocycles. The first kappa shape index (κ1) is 12.6. The van der Waals surface area contributed by atoms with E-state index in [0.717, 1.165) is 12.1 Å². The molecule has 98 valence electrons. The highest BCUT2D eigenvalue weighted by atomic mass is 16.2. The molecule has 1 fully saturated rings. The Kier molecular flexibility index (Phi) is 3.64. The maximum absolute atomic E-state index is 12.1. The van der Waals surface area contributed by atoms with Crippen molar-refractivity contribution in [1.82, 2.24) is 20.0 Å². The number of aryl methyl sites for hydroxylation is 1. The van der Waals surface area contributed by atoms with Crippen molar-refractivity contribution < 1.29 is 9.59 Å². The predicted octanol–water partition coefficient (Wildman–Crippen LogP) is 0.0472. The number of rotatable bonds is 4. The molecule has 1 unspecified atom stereocenters. The lowest BCUT2D eigenvalue weighted by molar-refractivity contribution is -0.145. The molecule has 1 N–H and O–H groups in total. The summed E-state index contributed by atoms with van der Waals surface area (Å²) in [6, 6.07) is 1.48. The summed E-state index contributed by atoms with van der Waals surface area (Å²) >= 11 is 0. The molecule has 1 aliphatic rings. The van der Waals surface area contributed by atoms with Crippen LogP contribution in [0.15, 0.2) is 12.3 Å². The van der Waals surface area contributed by atoms with Gasteiger partial charge in [-0.2, -0.15) is 5.10 Å². The van der Waals surface area contributed by atoms with Crippen molar-refractivity contribution in [2.24, 2.45) is 7.05 Å². The van der Waals surface area contributed by atoms with Crippen LogP contribution in [-0.4, -0.2) is 39.1 Å². The molecular formula is C12H18N4O2. The van der Waals surface area contributed by atoms with Crippen LogP contribution in [0.2, 0.25) is 0 Å². The molecule has 1 aromatic rings. The molecule has 18 heavy (non-hydrogen) atoms. The molecule has 1 atom stereocenters. The first-order valence-corrected chi connectivity index (χ1v) is 6.17. The number of carbonyl (C=O) groups is 2. The predicted molar refractivity (Wildman–Crippen MR) is 65.5 cm³/mol. The summed E-state index contributed by atoms with van der Waals surface area (Å²) in [5.74, 6) is -0.105. The van der Waals surface area contributed by atoms with E-state index in [4.69, 9.17) is 0 Å². The van der Waals surface area contributed by atoms with Gasteiger partial charge in [0.2, 0.25) is 11.8 Å². The van der Waals surface area contributed by atoms with Crippen LogP contribution in [0.4, 0.5) is 0 Å². The van der Waals surface area contributed by atoms with E-state index in [-0.39, 0.29) is 24.4 Å². The summed E-state index contributed by atoms with van der Waals surface area (Å²) in [7, 11) is 1.83. The maximum atomic E-state index is 12.1. The third kappa shape index (κ3) is 2.69. The molecule has 0 bridgehead atoms. The molecule has 6 heteroatoms. The van der Waals surface area contributed by atoms with Crippen LogP contribution < -0.4 is 5.32 Å². The fourth-order valence-electron chi connectivity index (χ4n) is 2.13. The molecule has 6 nitrogen and oxygen atoms in total. The smallest absolute Gasteiger partial charge is 0.245 e. The van der Waals surface area contributed by atoms with Crippen LogP contribution >= 0.6 is 0 Å². The molecule has 1 aromatic heterocycles. The molecule has 2 rings (SSSR count). The number of piperazine rings is 1. The lowest BCUT2D eigenvalue weighted by Crippen LogP contribution is -2.57. The van der Waals surface area contributed by atoms with E-state index in [2.05, 4.69) is 10.4 Å². The van der Waals surface area contributed by atoms with Gasteiger partial charge in [-0.05, 0) is 12.5 Å². The zero-order chi connectivity index (χ0) is 13.1. The standard InChI is InChI=1S/C12H18N4O2/c1-3-4-10-12(18)16(8-11(17)13-10)7-9-5-6-15(2)14-9/h5-6,10H,3-4,7-8H2,1-2H3,(H,13,17). The fraction of sp³-hybridized carbons (Fsp3) is 0.583. The monoisotopic (exact) mass is 250 g/mol. The van der Waals surface area contributed by atoms with Crippen LogP contribution in [0, 0.1) is 0 Å². The second kappa shape index (κ2) is 5.20. The van der Waals surface area contributed by atoms with E-state index in [1.165, 1.54) is 0 Å². The molecular weight excluding hydrogens is 232 g/mol. The van der Waals surface area contributed by atoms with E-state index in [1.54, 1.807) is 9.58 Å². The van der Waals surface area contributed by atoms with Gasteiger partial charge in [0.25, 0.3) is 0 Å². The van der Waals surface area contributed by atoms with Crippen LogP contribution in [0.5, 0.6) is 0 Å². The van der Waals surface area contributed by atoms with E-state index in [1.807, 2.05) is 26.2 Å². The summed E-state index contributed by atoms with van der Waals surface area (Å²) in [5, 5.41) is 6.96. The molecule has 0 radical (unpaired) electrons. The van der Waals surface area contributed by atoms with Gasteiger partial charge in [-0.1, -0.05) is 13.3 Å². The van der Waals surface area contributed by atoms with Gasteiger partial charge in [0.1, 0.15) is 12.6 Å². The van der Waals surface area contributed by atoms with Gasteiger partial charge < -0.3 is 10.2 Å². The molecule has 0 spiro atoms. The molecule has 1 aliphatic heterocycles. The average molecular weight is 250 g/mol. The minimum Gasteiger partial charge on any atom is -0.343 e. The van der Waals surface area contributed by atoms with E-state index < -0.39 is 0 Å². The van der Waals surface area contributed by atoms with Gasteiger partial charge in [0, 0.05) is 13.2 Å². The number of nitrogens with one attached hydrogen (secondary N) is 1. The first-order chi connectivity index (χ1) is 8.60. The number of carbonyl (C=O) groups excluding carboxylic acids is 2. The Labute approximate surface area is 106 Å². The lowest BCUT2D eigenvalue weighted by Gasteiger charge is -2.31. The van der Waals surface area contributed by atoms with Crippen molar-refractivity contribution in [3.8, 4) is 0 Å². The second-order valence-electron chi connectivity index (χ2n) is 4.58. The van der Waals surface area contributed by atoms with Crippen LogP contribution in [0.3, 0.4) is 0 Å². The van der Waals surface area contributed by atoms with Crippen molar-refractivity contribution in [2.75, 3.05) is 6.54 Å². The SMILES string of the molecule is CCCC1NC(=O)CN(Cc2ccn(C)n2)C1=O. The fourth-order valence-corrected chi connectivity index (χ4v) is 2.13. The third-order valence-electron chi connectivity index (χ3n) is 2.98. The lowest BCUT2D eigenvalue weighted by atomic mass is 10.1. The van der Waals surface area contributed by atoms with Gasteiger partial charge >= 0.3 is 0 Å². The molecule has 1 saturated heterocycles. The quantitative estimate of drug-likeness (QED) is 0.821.